The van der Waals surface area contributed by atoms with Gasteiger partial charge in [0.1, 0.15) is 5.75 Å². The number of ether oxygens (including phenoxy) is 1. The molecule has 0 saturated heterocycles. The molecule has 0 fully saturated rings. The standard InChI is InChI=1S/C17H18O4/c1-3-11(2)17(20)14-8-9-15(21-10-16(18)19)13-7-5-4-6-12(13)14/h4-9,11H,3,10H2,1-2H3,(H,18,19). The summed E-state index contributed by atoms with van der Waals surface area (Å²) >= 11 is 0. The number of hydrogen-bond acceptors (Lipinski definition) is 3. The summed E-state index contributed by atoms with van der Waals surface area (Å²) in [6, 6.07) is 10.8. The second kappa shape index (κ2) is 6.39. The first-order valence-corrected chi connectivity index (χ1v) is 6.95. The van der Waals surface area contributed by atoms with Gasteiger partial charge in [0.2, 0.25) is 0 Å². The molecule has 2 rings (SSSR count). The second-order valence-electron chi connectivity index (χ2n) is 5.01. The van der Waals surface area contributed by atoms with Crippen molar-refractivity contribution in [3.8, 4) is 5.75 Å². The first-order chi connectivity index (χ1) is 10.0. The van der Waals surface area contributed by atoms with E-state index in [9.17, 15) is 9.59 Å². The summed E-state index contributed by atoms with van der Waals surface area (Å²) in [4.78, 5) is 23.1. The Morgan fingerprint density at radius 2 is 1.81 bits per heavy atom. The summed E-state index contributed by atoms with van der Waals surface area (Å²) in [5.41, 5.74) is 0.655. The van der Waals surface area contributed by atoms with Crippen LogP contribution in [-0.4, -0.2) is 23.5 Å². The zero-order valence-corrected chi connectivity index (χ0v) is 12.1. The largest absolute Gasteiger partial charge is 0.481 e. The van der Waals surface area contributed by atoms with Gasteiger partial charge in [-0.05, 0) is 23.9 Å². The first kappa shape index (κ1) is 15.0. The van der Waals surface area contributed by atoms with Crippen molar-refractivity contribution in [3.05, 3.63) is 42.0 Å². The van der Waals surface area contributed by atoms with Crippen molar-refractivity contribution in [3.63, 3.8) is 0 Å². The molecule has 21 heavy (non-hydrogen) atoms. The van der Waals surface area contributed by atoms with Gasteiger partial charge in [-0.3, -0.25) is 4.79 Å². The van der Waals surface area contributed by atoms with Crippen LogP contribution in [0.3, 0.4) is 0 Å². The Hall–Kier alpha value is -2.36. The summed E-state index contributed by atoms with van der Waals surface area (Å²) < 4.78 is 5.29. The molecule has 0 spiro atoms. The van der Waals surface area contributed by atoms with E-state index in [4.69, 9.17) is 9.84 Å². The fourth-order valence-corrected chi connectivity index (χ4v) is 2.20. The van der Waals surface area contributed by atoms with E-state index >= 15 is 0 Å². The van der Waals surface area contributed by atoms with Gasteiger partial charge in [0.25, 0.3) is 0 Å². The van der Waals surface area contributed by atoms with E-state index in [-0.39, 0.29) is 11.7 Å². The van der Waals surface area contributed by atoms with Crippen LogP contribution in [0.5, 0.6) is 5.75 Å². The number of carboxylic acids is 1. The lowest BCUT2D eigenvalue weighted by Crippen LogP contribution is -2.12. The lowest BCUT2D eigenvalue weighted by Gasteiger charge is -2.13. The molecule has 1 N–H and O–H groups in total. The van der Waals surface area contributed by atoms with Gasteiger partial charge in [0, 0.05) is 16.9 Å². The van der Waals surface area contributed by atoms with Gasteiger partial charge in [0.05, 0.1) is 0 Å². The van der Waals surface area contributed by atoms with Crippen LogP contribution in [0.2, 0.25) is 0 Å². The van der Waals surface area contributed by atoms with Crippen LogP contribution in [0.25, 0.3) is 10.8 Å². The molecule has 0 aliphatic carbocycles. The highest BCUT2D eigenvalue weighted by Gasteiger charge is 2.17. The van der Waals surface area contributed by atoms with Gasteiger partial charge in [-0.15, -0.1) is 0 Å². The first-order valence-electron chi connectivity index (χ1n) is 6.95. The van der Waals surface area contributed by atoms with Crippen LogP contribution in [-0.2, 0) is 4.79 Å². The topological polar surface area (TPSA) is 63.6 Å². The third kappa shape index (κ3) is 3.21. The van der Waals surface area contributed by atoms with Gasteiger partial charge >= 0.3 is 5.97 Å². The minimum absolute atomic E-state index is 0.0424. The van der Waals surface area contributed by atoms with E-state index in [1.165, 1.54) is 0 Å². The summed E-state index contributed by atoms with van der Waals surface area (Å²) in [5, 5.41) is 10.3. The van der Waals surface area contributed by atoms with Gasteiger partial charge in [-0.1, -0.05) is 38.1 Å². The number of aliphatic carboxylic acids is 1. The Kier molecular flexibility index (Phi) is 4.58. The van der Waals surface area contributed by atoms with E-state index in [0.717, 1.165) is 17.2 Å². The van der Waals surface area contributed by atoms with E-state index in [2.05, 4.69) is 0 Å². The van der Waals surface area contributed by atoms with E-state index in [1.807, 2.05) is 38.1 Å². The molecule has 0 heterocycles. The third-order valence-electron chi connectivity index (χ3n) is 3.56. The van der Waals surface area contributed by atoms with E-state index < -0.39 is 12.6 Å². The number of hydrogen-bond donors (Lipinski definition) is 1. The van der Waals surface area contributed by atoms with Crippen molar-refractivity contribution in [2.24, 2.45) is 5.92 Å². The lowest BCUT2D eigenvalue weighted by atomic mass is 9.93. The third-order valence-corrected chi connectivity index (χ3v) is 3.56. The Labute approximate surface area is 123 Å². The molecule has 4 heteroatoms. The molecule has 0 saturated carbocycles. The number of carbonyl (C=O) groups excluding carboxylic acids is 1. The molecule has 0 aliphatic rings. The molecular weight excluding hydrogens is 268 g/mol. The molecule has 0 aliphatic heterocycles. The van der Waals surface area contributed by atoms with Gasteiger partial charge in [-0.2, -0.15) is 0 Å². The molecule has 1 unspecified atom stereocenters. The van der Waals surface area contributed by atoms with Crippen LogP contribution in [0.4, 0.5) is 0 Å². The minimum Gasteiger partial charge on any atom is -0.481 e. The molecule has 2 aromatic rings. The monoisotopic (exact) mass is 286 g/mol. The van der Waals surface area contributed by atoms with Gasteiger partial charge in [0.15, 0.2) is 12.4 Å². The van der Waals surface area contributed by atoms with Crippen LogP contribution < -0.4 is 4.74 Å². The molecule has 110 valence electrons. The normalized spacial score (nSPS) is 12.1. The molecule has 0 radical (unpaired) electrons. The van der Waals surface area contributed by atoms with Crippen molar-refractivity contribution in [2.45, 2.75) is 20.3 Å². The average Bonchev–Trinajstić information content (AvgIpc) is 2.50. The molecule has 0 bridgehead atoms. The minimum atomic E-state index is -1.03. The van der Waals surface area contributed by atoms with Crippen molar-refractivity contribution in [2.75, 3.05) is 6.61 Å². The van der Waals surface area contributed by atoms with E-state index in [1.54, 1.807) is 12.1 Å². The number of carboxylic acid groups (broad SMARTS) is 1. The molecule has 4 nitrogen and oxygen atoms in total. The number of Topliss-reactive ketones (excluding diaryl/α,β-unsaturated/α-hetero) is 1. The smallest absolute Gasteiger partial charge is 0.341 e. The number of rotatable bonds is 6. The fourth-order valence-electron chi connectivity index (χ4n) is 2.20. The number of benzene rings is 2. The maximum Gasteiger partial charge on any atom is 0.341 e. The SMILES string of the molecule is CCC(C)C(=O)c1ccc(OCC(=O)O)c2ccccc12. The molecule has 0 amide bonds. The molecule has 0 aromatic heterocycles. The maximum absolute atomic E-state index is 12.4. The number of carbonyl (C=O) groups is 2. The Bertz CT molecular complexity index is 676. The fraction of sp³-hybridized carbons (Fsp3) is 0.294. The Morgan fingerprint density at radius 1 is 1.14 bits per heavy atom. The van der Waals surface area contributed by atoms with Crippen LogP contribution in [0, 0.1) is 5.92 Å². The highest BCUT2D eigenvalue weighted by molar-refractivity contribution is 6.10. The average molecular weight is 286 g/mol. The van der Waals surface area contributed by atoms with Crippen molar-refractivity contribution in [1.29, 1.82) is 0 Å². The summed E-state index contributed by atoms with van der Waals surface area (Å²) in [5.74, 6) is -0.495. The van der Waals surface area contributed by atoms with Crippen molar-refractivity contribution >= 4 is 22.5 Å². The highest BCUT2D eigenvalue weighted by Crippen LogP contribution is 2.30. The van der Waals surface area contributed by atoms with Crippen molar-refractivity contribution in [1.82, 2.24) is 0 Å². The molecular formula is C17H18O4. The number of fused-ring (bicyclic) bond motifs is 1. The zero-order valence-electron chi connectivity index (χ0n) is 12.1. The van der Waals surface area contributed by atoms with Gasteiger partial charge in [-0.25, -0.2) is 4.79 Å². The van der Waals surface area contributed by atoms with Gasteiger partial charge < -0.3 is 9.84 Å². The summed E-state index contributed by atoms with van der Waals surface area (Å²) in [7, 11) is 0. The predicted molar refractivity (Wildman–Crippen MR) is 80.9 cm³/mol. The van der Waals surface area contributed by atoms with Crippen LogP contribution in [0.15, 0.2) is 36.4 Å². The van der Waals surface area contributed by atoms with Crippen LogP contribution in [0.1, 0.15) is 30.6 Å². The van der Waals surface area contributed by atoms with Crippen molar-refractivity contribution < 1.29 is 19.4 Å². The maximum atomic E-state index is 12.4. The highest BCUT2D eigenvalue weighted by atomic mass is 16.5. The summed E-state index contributed by atoms with van der Waals surface area (Å²) in [6.07, 6.45) is 0.782. The Morgan fingerprint density at radius 3 is 2.43 bits per heavy atom. The number of ketones is 1. The summed E-state index contributed by atoms with van der Waals surface area (Å²) in [6.45, 7) is 3.49. The second-order valence-corrected chi connectivity index (χ2v) is 5.01. The lowest BCUT2D eigenvalue weighted by molar-refractivity contribution is -0.139. The zero-order chi connectivity index (χ0) is 15.4. The predicted octanol–water partition coefficient (Wildman–Crippen LogP) is 3.53. The molecule has 2 aromatic carbocycles. The molecule has 1 atom stereocenters. The van der Waals surface area contributed by atoms with Crippen LogP contribution >= 0.6 is 0 Å². The quantitative estimate of drug-likeness (QED) is 0.825. The van der Waals surface area contributed by atoms with E-state index in [0.29, 0.717) is 11.3 Å². The Balaban J connectivity index is 2.49.